The molecule has 1 atom stereocenters. The number of rotatable bonds is 5. The van der Waals surface area contributed by atoms with Crippen LogP contribution in [-0.2, 0) is 4.74 Å². The normalized spacial score (nSPS) is 12.2. The zero-order valence-electron chi connectivity index (χ0n) is 10.5. The standard InChI is InChI=1S/C13H19NO3/c1-9-5-4-6-10(2)12(9)13(16)14-11(7-15)8-17-3/h4-6,11,15H,7-8H2,1-3H3,(H,14,16). The SMILES string of the molecule is COCC(CO)NC(=O)c1c(C)cccc1C. The van der Waals surface area contributed by atoms with E-state index in [1.165, 1.54) is 7.11 Å². The second-order valence-electron chi connectivity index (χ2n) is 4.08. The summed E-state index contributed by atoms with van der Waals surface area (Å²) in [6.07, 6.45) is 0. The summed E-state index contributed by atoms with van der Waals surface area (Å²) in [6.45, 7) is 3.95. The lowest BCUT2D eigenvalue weighted by Gasteiger charge is -2.17. The predicted octanol–water partition coefficient (Wildman–Crippen LogP) is 1.04. The van der Waals surface area contributed by atoms with Crippen LogP contribution < -0.4 is 5.32 Å². The van der Waals surface area contributed by atoms with E-state index in [9.17, 15) is 4.79 Å². The quantitative estimate of drug-likeness (QED) is 0.804. The van der Waals surface area contributed by atoms with Gasteiger partial charge in [-0.1, -0.05) is 18.2 Å². The van der Waals surface area contributed by atoms with E-state index in [0.29, 0.717) is 12.2 Å². The monoisotopic (exact) mass is 237 g/mol. The van der Waals surface area contributed by atoms with Gasteiger partial charge in [0.2, 0.25) is 0 Å². The van der Waals surface area contributed by atoms with Crippen molar-refractivity contribution in [1.82, 2.24) is 5.32 Å². The molecule has 0 aliphatic rings. The van der Waals surface area contributed by atoms with Crippen molar-refractivity contribution in [3.05, 3.63) is 34.9 Å². The molecule has 0 heterocycles. The Labute approximate surface area is 102 Å². The van der Waals surface area contributed by atoms with E-state index >= 15 is 0 Å². The Morgan fingerprint density at radius 1 is 1.41 bits per heavy atom. The smallest absolute Gasteiger partial charge is 0.252 e. The lowest BCUT2D eigenvalue weighted by molar-refractivity contribution is 0.0838. The number of amides is 1. The first-order valence-corrected chi connectivity index (χ1v) is 5.57. The van der Waals surface area contributed by atoms with Crippen LogP contribution >= 0.6 is 0 Å². The van der Waals surface area contributed by atoms with Gasteiger partial charge in [0, 0.05) is 12.7 Å². The molecule has 0 spiro atoms. The molecule has 1 rings (SSSR count). The second-order valence-corrected chi connectivity index (χ2v) is 4.08. The van der Waals surface area contributed by atoms with Crippen LogP contribution in [-0.4, -0.2) is 37.4 Å². The number of hydrogen-bond donors (Lipinski definition) is 2. The van der Waals surface area contributed by atoms with Gasteiger partial charge in [0.25, 0.3) is 5.91 Å². The third kappa shape index (κ3) is 3.54. The molecule has 0 aliphatic carbocycles. The zero-order valence-corrected chi connectivity index (χ0v) is 10.5. The number of carbonyl (C=O) groups excluding carboxylic acids is 1. The lowest BCUT2D eigenvalue weighted by atomic mass is 10.0. The predicted molar refractivity (Wildman–Crippen MR) is 66.1 cm³/mol. The molecule has 17 heavy (non-hydrogen) atoms. The van der Waals surface area contributed by atoms with E-state index in [1.54, 1.807) is 0 Å². The van der Waals surface area contributed by atoms with E-state index in [0.717, 1.165) is 11.1 Å². The van der Waals surface area contributed by atoms with Crippen molar-refractivity contribution in [2.75, 3.05) is 20.3 Å². The summed E-state index contributed by atoms with van der Waals surface area (Å²) < 4.78 is 4.92. The molecule has 1 amide bonds. The fourth-order valence-electron chi connectivity index (χ4n) is 1.77. The average molecular weight is 237 g/mol. The molecular weight excluding hydrogens is 218 g/mol. The number of nitrogens with one attached hydrogen (secondary N) is 1. The van der Waals surface area contributed by atoms with E-state index in [4.69, 9.17) is 9.84 Å². The van der Waals surface area contributed by atoms with Crippen molar-refractivity contribution in [3.63, 3.8) is 0 Å². The molecule has 1 aromatic rings. The molecule has 0 saturated heterocycles. The van der Waals surface area contributed by atoms with Gasteiger partial charge in [-0.2, -0.15) is 0 Å². The molecular formula is C13H19NO3. The molecule has 2 N–H and O–H groups in total. The van der Waals surface area contributed by atoms with Crippen LogP contribution in [0, 0.1) is 13.8 Å². The maximum absolute atomic E-state index is 12.1. The van der Waals surface area contributed by atoms with Crippen molar-refractivity contribution in [2.45, 2.75) is 19.9 Å². The largest absolute Gasteiger partial charge is 0.394 e. The van der Waals surface area contributed by atoms with Crippen molar-refractivity contribution >= 4 is 5.91 Å². The van der Waals surface area contributed by atoms with Gasteiger partial charge in [-0.05, 0) is 25.0 Å². The Morgan fingerprint density at radius 2 is 2.00 bits per heavy atom. The number of benzene rings is 1. The molecule has 0 saturated carbocycles. The van der Waals surface area contributed by atoms with Crippen LogP contribution in [0.15, 0.2) is 18.2 Å². The first kappa shape index (κ1) is 13.7. The first-order chi connectivity index (χ1) is 8.10. The number of carbonyl (C=O) groups is 1. The summed E-state index contributed by atoms with van der Waals surface area (Å²) in [5.74, 6) is -0.170. The number of methoxy groups -OCH3 is 1. The van der Waals surface area contributed by atoms with Crippen LogP contribution in [0.25, 0.3) is 0 Å². The molecule has 4 nitrogen and oxygen atoms in total. The highest BCUT2D eigenvalue weighted by Crippen LogP contribution is 2.13. The summed E-state index contributed by atoms with van der Waals surface area (Å²) in [4.78, 5) is 12.1. The van der Waals surface area contributed by atoms with E-state index in [-0.39, 0.29) is 18.6 Å². The summed E-state index contributed by atoms with van der Waals surface area (Å²) >= 11 is 0. The number of hydrogen-bond acceptors (Lipinski definition) is 3. The molecule has 0 aromatic heterocycles. The summed E-state index contributed by atoms with van der Waals surface area (Å²) in [6, 6.07) is 5.34. The lowest BCUT2D eigenvalue weighted by Crippen LogP contribution is -2.41. The van der Waals surface area contributed by atoms with Gasteiger partial charge in [-0.3, -0.25) is 4.79 Å². The molecule has 0 aliphatic heterocycles. The average Bonchev–Trinajstić information content (AvgIpc) is 2.28. The summed E-state index contributed by atoms with van der Waals surface area (Å²) in [5, 5.41) is 11.8. The minimum atomic E-state index is -0.369. The van der Waals surface area contributed by atoms with E-state index in [2.05, 4.69) is 5.32 Å². The number of aliphatic hydroxyl groups excluding tert-OH is 1. The topological polar surface area (TPSA) is 58.6 Å². The summed E-state index contributed by atoms with van der Waals surface area (Å²) in [7, 11) is 1.54. The minimum Gasteiger partial charge on any atom is -0.394 e. The maximum Gasteiger partial charge on any atom is 0.252 e. The van der Waals surface area contributed by atoms with E-state index < -0.39 is 0 Å². The first-order valence-electron chi connectivity index (χ1n) is 5.57. The Hall–Kier alpha value is -1.39. The van der Waals surface area contributed by atoms with Gasteiger partial charge in [0.15, 0.2) is 0 Å². The van der Waals surface area contributed by atoms with Gasteiger partial charge >= 0.3 is 0 Å². The Kier molecular flexibility index (Phi) is 5.12. The number of aryl methyl sites for hydroxylation is 2. The van der Waals surface area contributed by atoms with Gasteiger partial charge in [0.05, 0.1) is 19.3 Å². The number of aliphatic hydroxyl groups is 1. The highest BCUT2D eigenvalue weighted by atomic mass is 16.5. The van der Waals surface area contributed by atoms with Crippen LogP contribution in [0.5, 0.6) is 0 Å². The molecule has 1 aromatic carbocycles. The molecule has 1 unspecified atom stereocenters. The molecule has 0 fully saturated rings. The Bertz CT molecular complexity index is 370. The third-order valence-corrected chi connectivity index (χ3v) is 2.63. The fraction of sp³-hybridized carbons (Fsp3) is 0.462. The molecule has 0 radical (unpaired) electrons. The van der Waals surface area contributed by atoms with Crippen molar-refractivity contribution in [2.24, 2.45) is 0 Å². The van der Waals surface area contributed by atoms with Gasteiger partial charge in [0.1, 0.15) is 0 Å². The van der Waals surface area contributed by atoms with Gasteiger partial charge in [-0.25, -0.2) is 0 Å². The second kappa shape index (κ2) is 6.37. The van der Waals surface area contributed by atoms with Crippen molar-refractivity contribution in [1.29, 1.82) is 0 Å². The Balaban J connectivity index is 2.82. The van der Waals surface area contributed by atoms with Crippen LogP contribution in [0.2, 0.25) is 0 Å². The number of ether oxygens (including phenoxy) is 1. The molecule has 4 heteroatoms. The van der Waals surface area contributed by atoms with E-state index in [1.807, 2.05) is 32.0 Å². The van der Waals surface area contributed by atoms with Gasteiger partial charge in [-0.15, -0.1) is 0 Å². The van der Waals surface area contributed by atoms with Crippen LogP contribution in [0.1, 0.15) is 21.5 Å². The fourth-order valence-corrected chi connectivity index (χ4v) is 1.77. The summed E-state index contributed by atoms with van der Waals surface area (Å²) in [5.41, 5.74) is 2.52. The van der Waals surface area contributed by atoms with Gasteiger partial charge < -0.3 is 15.2 Å². The molecule has 94 valence electrons. The van der Waals surface area contributed by atoms with Crippen molar-refractivity contribution < 1.29 is 14.6 Å². The maximum atomic E-state index is 12.1. The van der Waals surface area contributed by atoms with Crippen molar-refractivity contribution in [3.8, 4) is 0 Å². The highest BCUT2D eigenvalue weighted by molar-refractivity contribution is 5.97. The molecule has 0 bridgehead atoms. The Morgan fingerprint density at radius 3 is 2.47 bits per heavy atom. The van der Waals surface area contributed by atoms with Crippen LogP contribution in [0.3, 0.4) is 0 Å². The zero-order chi connectivity index (χ0) is 12.8. The van der Waals surface area contributed by atoms with Crippen LogP contribution in [0.4, 0.5) is 0 Å². The highest BCUT2D eigenvalue weighted by Gasteiger charge is 2.16. The third-order valence-electron chi connectivity index (χ3n) is 2.63. The minimum absolute atomic E-state index is 0.134.